The second-order valence-corrected chi connectivity index (χ2v) is 6.26. The lowest BCUT2D eigenvalue weighted by molar-refractivity contribution is 0.313. The van der Waals surface area contributed by atoms with Crippen molar-refractivity contribution in [3.05, 3.63) is 29.3 Å². The fraction of sp³-hybridized carbons (Fsp3) is 0.647. The highest BCUT2D eigenvalue weighted by Crippen LogP contribution is 2.30. The molecule has 1 aromatic rings. The monoisotopic (exact) mass is 260 g/mol. The molecule has 2 heteroatoms. The van der Waals surface area contributed by atoms with Gasteiger partial charge in [-0.1, -0.05) is 19.4 Å². The summed E-state index contributed by atoms with van der Waals surface area (Å²) in [5.41, 5.74) is 4.67. The molecule has 2 nitrogen and oxygen atoms in total. The molecule has 0 radical (unpaired) electrons. The van der Waals surface area contributed by atoms with Crippen LogP contribution in [0.3, 0.4) is 0 Å². The largest absolute Gasteiger partial charge is 0.369 e. The van der Waals surface area contributed by atoms with E-state index in [0.29, 0.717) is 0 Å². The van der Waals surface area contributed by atoms with Gasteiger partial charge in [-0.05, 0) is 55.5 Å². The van der Waals surface area contributed by atoms with E-state index in [2.05, 4.69) is 42.0 Å². The fourth-order valence-electron chi connectivity index (χ4n) is 3.43. The standard InChI is InChI=1S/C17H26N2.H2/c1-3-14-4-5-16-13-17(7-6-15(16)12-14)19-10-8-18(2)9-11-19;/h6-7,13-14H,3-5,8-12H2,1-2H3;1H. The van der Waals surface area contributed by atoms with Crippen LogP contribution in [-0.2, 0) is 12.8 Å². The summed E-state index contributed by atoms with van der Waals surface area (Å²) in [5, 5.41) is 0. The van der Waals surface area contributed by atoms with Crippen LogP contribution in [0.25, 0.3) is 0 Å². The molecule has 0 bridgehead atoms. The lowest BCUT2D eigenvalue weighted by Gasteiger charge is -2.35. The Bertz CT molecular complexity index is 439. The van der Waals surface area contributed by atoms with E-state index in [-0.39, 0.29) is 1.43 Å². The summed E-state index contributed by atoms with van der Waals surface area (Å²) in [5.74, 6) is 0.919. The summed E-state index contributed by atoms with van der Waals surface area (Å²) in [6.07, 6.45) is 5.31. The lowest BCUT2D eigenvalue weighted by atomic mass is 9.82. The van der Waals surface area contributed by atoms with Crippen LogP contribution >= 0.6 is 0 Å². The van der Waals surface area contributed by atoms with E-state index < -0.39 is 0 Å². The molecular weight excluding hydrogens is 232 g/mol. The molecule has 1 aliphatic carbocycles. The topological polar surface area (TPSA) is 6.48 Å². The summed E-state index contributed by atoms with van der Waals surface area (Å²) in [6.45, 7) is 7.05. The number of anilines is 1. The number of hydrogen-bond donors (Lipinski definition) is 0. The van der Waals surface area contributed by atoms with Crippen LogP contribution in [0.5, 0.6) is 0 Å². The zero-order valence-electron chi connectivity index (χ0n) is 12.4. The minimum Gasteiger partial charge on any atom is -0.369 e. The smallest absolute Gasteiger partial charge is 0.0370 e. The first kappa shape index (κ1) is 13.0. The van der Waals surface area contributed by atoms with Gasteiger partial charge in [0.05, 0.1) is 0 Å². The van der Waals surface area contributed by atoms with Crippen LogP contribution in [0.1, 0.15) is 32.3 Å². The average molecular weight is 260 g/mol. The lowest BCUT2D eigenvalue weighted by Crippen LogP contribution is -2.44. The van der Waals surface area contributed by atoms with Gasteiger partial charge in [0.15, 0.2) is 0 Å². The summed E-state index contributed by atoms with van der Waals surface area (Å²) >= 11 is 0. The molecule has 19 heavy (non-hydrogen) atoms. The first-order chi connectivity index (χ1) is 9.26. The zero-order chi connectivity index (χ0) is 13.2. The van der Waals surface area contributed by atoms with Crippen molar-refractivity contribution in [1.82, 2.24) is 4.90 Å². The second-order valence-electron chi connectivity index (χ2n) is 6.26. The molecule has 0 spiro atoms. The number of benzene rings is 1. The highest BCUT2D eigenvalue weighted by molar-refractivity contribution is 5.52. The molecule has 1 saturated heterocycles. The van der Waals surface area contributed by atoms with E-state index in [0.717, 1.165) is 5.92 Å². The van der Waals surface area contributed by atoms with E-state index in [1.54, 1.807) is 11.1 Å². The van der Waals surface area contributed by atoms with Gasteiger partial charge in [-0.3, -0.25) is 0 Å². The van der Waals surface area contributed by atoms with Crippen molar-refractivity contribution in [3.8, 4) is 0 Å². The first-order valence-electron chi connectivity index (χ1n) is 7.81. The minimum absolute atomic E-state index is 0. The van der Waals surface area contributed by atoms with Crippen molar-refractivity contribution in [3.63, 3.8) is 0 Å². The van der Waals surface area contributed by atoms with Crippen LogP contribution in [-0.4, -0.2) is 38.1 Å². The molecule has 1 aromatic carbocycles. The average Bonchev–Trinajstić information content (AvgIpc) is 2.47. The number of aryl methyl sites for hydroxylation is 1. The fourth-order valence-corrected chi connectivity index (χ4v) is 3.43. The minimum atomic E-state index is 0. The number of nitrogens with zero attached hydrogens (tertiary/aromatic N) is 2. The predicted octanol–water partition coefficient (Wildman–Crippen LogP) is 3.20. The van der Waals surface area contributed by atoms with Crippen molar-refractivity contribution in [2.24, 2.45) is 5.92 Å². The Morgan fingerprint density at radius 1 is 1.16 bits per heavy atom. The molecule has 1 unspecified atom stereocenters. The Balaban J connectivity index is 0.00000147. The van der Waals surface area contributed by atoms with E-state index >= 15 is 0 Å². The first-order valence-corrected chi connectivity index (χ1v) is 7.81. The maximum absolute atomic E-state index is 2.55. The van der Waals surface area contributed by atoms with Crippen LogP contribution < -0.4 is 4.90 Å². The van der Waals surface area contributed by atoms with Gasteiger partial charge >= 0.3 is 0 Å². The third kappa shape index (κ3) is 2.79. The zero-order valence-corrected chi connectivity index (χ0v) is 12.4. The summed E-state index contributed by atoms with van der Waals surface area (Å²) in [7, 11) is 2.22. The molecule has 0 amide bonds. The van der Waals surface area contributed by atoms with E-state index in [1.165, 1.54) is 57.5 Å². The van der Waals surface area contributed by atoms with Crippen molar-refractivity contribution >= 4 is 5.69 Å². The molecular formula is C17H28N2. The van der Waals surface area contributed by atoms with Gasteiger partial charge in [-0.25, -0.2) is 0 Å². The Kier molecular flexibility index (Phi) is 3.79. The number of fused-ring (bicyclic) bond motifs is 1. The highest BCUT2D eigenvalue weighted by atomic mass is 15.2. The maximum Gasteiger partial charge on any atom is 0.0370 e. The number of rotatable bonds is 2. The molecule has 1 aliphatic heterocycles. The molecule has 0 aromatic heterocycles. The van der Waals surface area contributed by atoms with Crippen molar-refractivity contribution in [2.45, 2.75) is 32.6 Å². The third-order valence-electron chi connectivity index (χ3n) is 4.97. The molecule has 106 valence electrons. The van der Waals surface area contributed by atoms with Crippen molar-refractivity contribution in [1.29, 1.82) is 0 Å². The number of piperazine rings is 1. The van der Waals surface area contributed by atoms with E-state index in [9.17, 15) is 0 Å². The quantitative estimate of drug-likeness (QED) is 0.806. The summed E-state index contributed by atoms with van der Waals surface area (Å²) < 4.78 is 0. The van der Waals surface area contributed by atoms with Crippen LogP contribution in [0.2, 0.25) is 0 Å². The van der Waals surface area contributed by atoms with Gasteiger partial charge < -0.3 is 9.80 Å². The van der Waals surface area contributed by atoms with E-state index in [1.807, 2.05) is 0 Å². The second kappa shape index (κ2) is 5.54. The SMILES string of the molecule is CCC1CCc2cc(N3CCN(C)CC3)ccc2C1.[HH]. The Morgan fingerprint density at radius 2 is 1.95 bits per heavy atom. The Hall–Kier alpha value is -1.02. The van der Waals surface area contributed by atoms with Gasteiger partial charge in [-0.2, -0.15) is 0 Å². The molecule has 0 saturated carbocycles. The van der Waals surface area contributed by atoms with Gasteiger partial charge in [0.1, 0.15) is 0 Å². The van der Waals surface area contributed by atoms with Crippen LogP contribution in [0.4, 0.5) is 5.69 Å². The molecule has 3 rings (SSSR count). The Morgan fingerprint density at radius 3 is 2.68 bits per heavy atom. The normalized spacial score (nSPS) is 24.3. The Labute approximate surface area is 118 Å². The third-order valence-corrected chi connectivity index (χ3v) is 4.97. The molecule has 0 N–H and O–H groups in total. The molecule has 1 fully saturated rings. The van der Waals surface area contributed by atoms with Crippen molar-refractivity contribution in [2.75, 3.05) is 38.1 Å². The highest BCUT2D eigenvalue weighted by Gasteiger charge is 2.19. The van der Waals surface area contributed by atoms with Gasteiger partial charge in [0, 0.05) is 33.3 Å². The predicted molar refractivity (Wildman–Crippen MR) is 84.1 cm³/mol. The maximum atomic E-state index is 2.55. The summed E-state index contributed by atoms with van der Waals surface area (Å²) in [4.78, 5) is 4.97. The van der Waals surface area contributed by atoms with Gasteiger partial charge in [-0.15, -0.1) is 0 Å². The van der Waals surface area contributed by atoms with Gasteiger partial charge in [0.2, 0.25) is 0 Å². The van der Waals surface area contributed by atoms with E-state index in [4.69, 9.17) is 0 Å². The van der Waals surface area contributed by atoms with Gasteiger partial charge in [0.25, 0.3) is 0 Å². The number of hydrogen-bond acceptors (Lipinski definition) is 2. The van der Waals surface area contributed by atoms with Crippen molar-refractivity contribution < 1.29 is 1.43 Å². The molecule has 1 heterocycles. The molecule has 1 atom stereocenters. The molecule has 2 aliphatic rings. The number of likely N-dealkylation sites (N-methyl/N-ethyl adjacent to an activating group) is 1. The summed E-state index contributed by atoms with van der Waals surface area (Å²) in [6, 6.07) is 7.21. The van der Waals surface area contributed by atoms with Crippen LogP contribution in [0.15, 0.2) is 18.2 Å². The van der Waals surface area contributed by atoms with Crippen LogP contribution in [0, 0.1) is 5.92 Å².